The average molecular weight is 467 g/mol. The summed E-state index contributed by atoms with van der Waals surface area (Å²) in [5.74, 6) is 1.59. The minimum Gasteiger partial charge on any atom is -0.486 e. The van der Waals surface area contributed by atoms with Gasteiger partial charge in [-0.3, -0.25) is 14.1 Å². The summed E-state index contributed by atoms with van der Waals surface area (Å²) >= 11 is 7.37. The van der Waals surface area contributed by atoms with E-state index >= 15 is 0 Å². The Bertz CT molecular complexity index is 1380. The number of ketones is 1. The summed E-state index contributed by atoms with van der Waals surface area (Å²) in [6.45, 7) is 3.40. The molecule has 0 atom stereocenters. The second-order valence-electron chi connectivity index (χ2n) is 8.23. The molecule has 2 aromatic carbocycles. The number of rotatable bonds is 4. The largest absolute Gasteiger partial charge is 0.486 e. The lowest BCUT2D eigenvalue weighted by Crippen LogP contribution is -2.37. The third kappa shape index (κ3) is 3.41. The van der Waals surface area contributed by atoms with Gasteiger partial charge in [-0.1, -0.05) is 23.5 Å². The highest BCUT2D eigenvalue weighted by atomic mass is 32.1. The summed E-state index contributed by atoms with van der Waals surface area (Å²) in [7, 11) is 0. The molecular formula is C23H22N4O3S2. The number of ether oxygens (including phenoxy) is 2. The van der Waals surface area contributed by atoms with Crippen molar-refractivity contribution in [2.75, 3.05) is 26.3 Å². The molecule has 0 unspecified atom stereocenters. The lowest BCUT2D eigenvalue weighted by Gasteiger charge is -2.31. The first-order valence-corrected chi connectivity index (χ1v) is 12.0. The van der Waals surface area contributed by atoms with Crippen molar-refractivity contribution >= 4 is 44.5 Å². The maximum Gasteiger partial charge on any atom is 0.216 e. The minimum absolute atomic E-state index is 0.0243. The summed E-state index contributed by atoms with van der Waals surface area (Å²) in [6, 6.07) is 13.7. The molecule has 0 spiro atoms. The van der Waals surface area contributed by atoms with Crippen LogP contribution in [0.1, 0.15) is 23.2 Å². The quantitative estimate of drug-likeness (QED) is 0.328. The number of thiazole rings is 1. The van der Waals surface area contributed by atoms with E-state index in [0.717, 1.165) is 36.4 Å². The van der Waals surface area contributed by atoms with Gasteiger partial charge in [0.15, 0.2) is 17.3 Å². The van der Waals surface area contributed by atoms with E-state index in [-0.39, 0.29) is 11.7 Å². The van der Waals surface area contributed by atoms with Gasteiger partial charge in [-0.05, 0) is 55.4 Å². The Morgan fingerprint density at radius 1 is 1.09 bits per heavy atom. The van der Waals surface area contributed by atoms with E-state index in [1.165, 1.54) is 4.70 Å². The molecular weight excluding hydrogens is 444 g/mol. The first kappa shape index (κ1) is 19.9. The number of nitrogens with zero attached hydrogens (tertiary/aromatic N) is 4. The highest BCUT2D eigenvalue weighted by molar-refractivity contribution is 7.71. The molecule has 7 nitrogen and oxygen atoms in total. The van der Waals surface area contributed by atoms with Crippen LogP contribution in [0.15, 0.2) is 42.5 Å². The zero-order chi connectivity index (χ0) is 21.7. The predicted molar refractivity (Wildman–Crippen MR) is 125 cm³/mol. The number of carbonyl (C=O) groups excluding carboxylic acids is 1. The molecule has 0 amide bonds. The van der Waals surface area contributed by atoms with Crippen LogP contribution in [0.5, 0.6) is 11.5 Å². The fraction of sp³-hybridized carbons (Fsp3) is 0.348. The van der Waals surface area contributed by atoms with Gasteiger partial charge in [0, 0.05) is 24.6 Å². The van der Waals surface area contributed by atoms with Gasteiger partial charge in [-0.15, -0.1) is 5.10 Å². The number of fused-ring (bicyclic) bond motifs is 4. The summed E-state index contributed by atoms with van der Waals surface area (Å²) in [6.07, 6.45) is 1.65. The van der Waals surface area contributed by atoms with Crippen molar-refractivity contribution in [3.63, 3.8) is 0 Å². The van der Waals surface area contributed by atoms with Crippen molar-refractivity contribution in [3.05, 3.63) is 52.8 Å². The maximum absolute atomic E-state index is 13.1. The number of aromatic nitrogens is 3. The molecule has 0 saturated carbocycles. The molecule has 9 heteroatoms. The van der Waals surface area contributed by atoms with Gasteiger partial charge in [0.25, 0.3) is 0 Å². The van der Waals surface area contributed by atoms with Gasteiger partial charge in [-0.25, -0.2) is 4.68 Å². The SMILES string of the molecule is O=C(c1ccc2c(c1)OCCO2)C1CCN(Cn2nc3sc4ccccc4n3c2=S)CC1. The van der Waals surface area contributed by atoms with E-state index < -0.39 is 0 Å². The Labute approximate surface area is 193 Å². The van der Waals surface area contributed by atoms with Crippen LogP contribution in [0, 0.1) is 10.7 Å². The number of benzene rings is 2. The summed E-state index contributed by atoms with van der Waals surface area (Å²) in [5.41, 5.74) is 1.81. The Morgan fingerprint density at radius 3 is 2.72 bits per heavy atom. The van der Waals surface area contributed by atoms with Crippen molar-refractivity contribution < 1.29 is 14.3 Å². The summed E-state index contributed by atoms with van der Waals surface area (Å²) in [5, 5.41) is 4.75. The monoisotopic (exact) mass is 466 g/mol. The van der Waals surface area contributed by atoms with Gasteiger partial charge >= 0.3 is 0 Å². The van der Waals surface area contributed by atoms with Crippen molar-refractivity contribution in [2.45, 2.75) is 19.5 Å². The smallest absolute Gasteiger partial charge is 0.216 e. The number of Topliss-reactive ketones (excluding diaryl/α,β-unsaturated/α-hetero) is 1. The molecule has 6 rings (SSSR count). The van der Waals surface area contributed by atoms with Crippen molar-refractivity contribution in [1.82, 2.24) is 19.1 Å². The van der Waals surface area contributed by atoms with E-state index in [9.17, 15) is 4.79 Å². The molecule has 1 saturated heterocycles. The fourth-order valence-corrected chi connectivity index (χ4v) is 5.90. The molecule has 0 radical (unpaired) electrons. The molecule has 32 heavy (non-hydrogen) atoms. The van der Waals surface area contributed by atoms with Crippen LogP contribution in [-0.2, 0) is 6.67 Å². The maximum atomic E-state index is 13.1. The van der Waals surface area contributed by atoms with E-state index in [1.807, 2.05) is 39.4 Å². The molecule has 2 aliphatic rings. The van der Waals surface area contributed by atoms with Crippen LogP contribution >= 0.6 is 23.6 Å². The number of carbonyl (C=O) groups is 1. The molecule has 4 heterocycles. The third-order valence-corrected chi connectivity index (χ3v) is 7.64. The molecule has 0 bridgehead atoms. The first-order valence-electron chi connectivity index (χ1n) is 10.8. The van der Waals surface area contributed by atoms with E-state index in [4.69, 9.17) is 26.8 Å². The van der Waals surface area contributed by atoms with Gasteiger partial charge < -0.3 is 9.47 Å². The number of piperidine rings is 1. The molecule has 4 aromatic rings. The van der Waals surface area contributed by atoms with Crippen LogP contribution in [0.3, 0.4) is 0 Å². The second kappa shape index (κ2) is 7.99. The van der Waals surface area contributed by atoms with Crippen LogP contribution in [0.4, 0.5) is 0 Å². The van der Waals surface area contributed by atoms with Crippen molar-refractivity contribution in [1.29, 1.82) is 0 Å². The Kier molecular flexibility index (Phi) is 4.97. The molecule has 0 N–H and O–H groups in total. The highest BCUT2D eigenvalue weighted by Gasteiger charge is 2.27. The van der Waals surface area contributed by atoms with Gasteiger partial charge in [0.1, 0.15) is 13.2 Å². The zero-order valence-corrected chi connectivity index (χ0v) is 19.0. The molecule has 2 aliphatic heterocycles. The van der Waals surface area contributed by atoms with Crippen molar-refractivity contribution in [3.8, 4) is 11.5 Å². The standard InChI is InChI=1S/C23H22N4O3S2/c28-21(16-5-6-18-19(13-16)30-12-11-29-18)15-7-9-25(10-8-15)14-26-23(31)27-17-3-1-2-4-20(17)32-22(27)24-26/h1-6,13,15H,7-12,14H2. The van der Waals surface area contributed by atoms with E-state index in [1.54, 1.807) is 11.3 Å². The summed E-state index contributed by atoms with van der Waals surface area (Å²) < 4.78 is 17.0. The molecule has 2 aromatic heterocycles. The predicted octanol–water partition coefficient (Wildman–Crippen LogP) is 4.40. The minimum atomic E-state index is 0.0243. The van der Waals surface area contributed by atoms with Crippen molar-refractivity contribution in [2.24, 2.45) is 5.92 Å². The van der Waals surface area contributed by atoms with Gasteiger partial charge in [-0.2, -0.15) is 0 Å². The fourth-order valence-electron chi connectivity index (χ4n) is 4.54. The van der Waals surface area contributed by atoms with Gasteiger partial charge in [0.05, 0.1) is 16.9 Å². The molecule has 164 valence electrons. The number of para-hydroxylation sites is 1. The van der Waals surface area contributed by atoms with Crippen LogP contribution in [-0.4, -0.2) is 51.2 Å². The van der Waals surface area contributed by atoms with E-state index in [0.29, 0.717) is 41.7 Å². The van der Waals surface area contributed by atoms with E-state index in [2.05, 4.69) is 17.0 Å². The van der Waals surface area contributed by atoms with Crippen LogP contribution < -0.4 is 9.47 Å². The Balaban J connectivity index is 1.14. The van der Waals surface area contributed by atoms with Crippen LogP contribution in [0.25, 0.3) is 15.2 Å². The number of hydrogen-bond acceptors (Lipinski definition) is 7. The summed E-state index contributed by atoms with van der Waals surface area (Å²) in [4.78, 5) is 16.3. The highest BCUT2D eigenvalue weighted by Crippen LogP contribution is 2.33. The average Bonchev–Trinajstić information content (AvgIpc) is 3.34. The first-order chi connectivity index (χ1) is 15.7. The number of hydrogen-bond donors (Lipinski definition) is 0. The third-order valence-electron chi connectivity index (χ3n) is 6.24. The zero-order valence-electron chi connectivity index (χ0n) is 17.4. The second-order valence-corrected chi connectivity index (χ2v) is 9.60. The van der Waals surface area contributed by atoms with Gasteiger partial charge in [0.2, 0.25) is 9.73 Å². The lowest BCUT2D eigenvalue weighted by molar-refractivity contribution is 0.0803. The topological polar surface area (TPSA) is 61.0 Å². The lowest BCUT2D eigenvalue weighted by atomic mass is 9.89. The van der Waals surface area contributed by atoms with Crippen LogP contribution in [0.2, 0.25) is 0 Å². The molecule has 0 aliphatic carbocycles. The molecule has 1 fully saturated rings. The normalized spacial score (nSPS) is 17.2. The Hall–Kier alpha value is -2.75. The Morgan fingerprint density at radius 2 is 1.88 bits per heavy atom. The number of likely N-dealkylation sites (tertiary alicyclic amines) is 1.